The number of carbonyl (C=O) groups is 4. The summed E-state index contributed by atoms with van der Waals surface area (Å²) in [5, 5.41) is 4.79. The van der Waals surface area contributed by atoms with Crippen LogP contribution in [-0.4, -0.2) is 38.0 Å². The number of esters is 2. The molecule has 8 heteroatoms. The number of nitrogens with one attached hydrogen (secondary N) is 2. The van der Waals surface area contributed by atoms with E-state index in [0.29, 0.717) is 5.69 Å². The Balaban J connectivity index is 2.21. The second-order valence-electron chi connectivity index (χ2n) is 5.70. The maximum absolute atomic E-state index is 12.3. The monoisotopic (exact) mass is 384 g/mol. The van der Waals surface area contributed by atoms with Crippen LogP contribution >= 0.6 is 0 Å². The van der Waals surface area contributed by atoms with E-state index in [9.17, 15) is 19.2 Å². The van der Waals surface area contributed by atoms with E-state index >= 15 is 0 Å². The molecule has 2 N–H and O–H groups in total. The van der Waals surface area contributed by atoms with Crippen LogP contribution in [0.1, 0.15) is 33.2 Å². The highest BCUT2D eigenvalue weighted by Gasteiger charge is 2.20. The molecule has 0 saturated carbocycles. The molecule has 0 aliphatic carbocycles. The molecule has 0 aromatic heterocycles. The Morgan fingerprint density at radius 1 is 0.821 bits per heavy atom. The normalized spacial score (nSPS) is 9.96. The van der Waals surface area contributed by atoms with Gasteiger partial charge in [-0.05, 0) is 42.3 Å². The third-order valence-electron chi connectivity index (χ3n) is 3.92. The predicted octanol–water partition coefficient (Wildman–Crippen LogP) is 2.40. The third kappa shape index (κ3) is 4.94. The van der Waals surface area contributed by atoms with Crippen LogP contribution < -0.4 is 10.6 Å². The number of rotatable bonds is 5. The van der Waals surface area contributed by atoms with Gasteiger partial charge in [-0.3, -0.25) is 9.59 Å². The van der Waals surface area contributed by atoms with Gasteiger partial charge in [0, 0.05) is 5.69 Å². The van der Waals surface area contributed by atoms with Crippen LogP contribution in [0.15, 0.2) is 42.5 Å². The highest BCUT2D eigenvalue weighted by Crippen LogP contribution is 2.20. The first kappa shape index (κ1) is 20.6. The first-order valence-corrected chi connectivity index (χ1v) is 8.41. The molecular formula is C20H20N2O6. The van der Waals surface area contributed by atoms with Gasteiger partial charge in [0.05, 0.1) is 31.0 Å². The molecule has 0 saturated heterocycles. The molecule has 2 amide bonds. The number of benzene rings is 2. The van der Waals surface area contributed by atoms with Crippen molar-refractivity contribution in [3.63, 3.8) is 0 Å². The summed E-state index contributed by atoms with van der Waals surface area (Å²) in [6, 6.07) is 10.9. The molecule has 0 bridgehead atoms. The summed E-state index contributed by atoms with van der Waals surface area (Å²) >= 11 is 0. The minimum absolute atomic E-state index is 0.0106. The van der Waals surface area contributed by atoms with Crippen molar-refractivity contribution in [2.45, 2.75) is 13.3 Å². The van der Waals surface area contributed by atoms with Crippen LogP contribution in [0.5, 0.6) is 0 Å². The fourth-order valence-electron chi connectivity index (χ4n) is 2.37. The minimum Gasteiger partial charge on any atom is -0.465 e. The zero-order chi connectivity index (χ0) is 20.7. The van der Waals surface area contributed by atoms with Crippen LogP contribution in [-0.2, 0) is 25.5 Å². The lowest BCUT2D eigenvalue weighted by Crippen LogP contribution is -2.30. The predicted molar refractivity (Wildman–Crippen MR) is 102 cm³/mol. The van der Waals surface area contributed by atoms with E-state index in [1.165, 1.54) is 32.4 Å². The largest absolute Gasteiger partial charge is 0.465 e. The number of ether oxygens (including phenoxy) is 2. The van der Waals surface area contributed by atoms with Gasteiger partial charge in [-0.15, -0.1) is 0 Å². The summed E-state index contributed by atoms with van der Waals surface area (Å²) in [6.07, 6.45) is 0.849. The molecule has 146 valence electrons. The van der Waals surface area contributed by atoms with Crippen molar-refractivity contribution in [3.8, 4) is 0 Å². The third-order valence-corrected chi connectivity index (χ3v) is 3.92. The molecule has 0 spiro atoms. The number of aryl methyl sites for hydroxylation is 1. The second-order valence-corrected chi connectivity index (χ2v) is 5.70. The van der Waals surface area contributed by atoms with Crippen LogP contribution in [0, 0.1) is 0 Å². The molecular weight excluding hydrogens is 364 g/mol. The second kappa shape index (κ2) is 9.31. The Morgan fingerprint density at radius 3 is 2.00 bits per heavy atom. The molecule has 8 nitrogen and oxygen atoms in total. The highest BCUT2D eigenvalue weighted by molar-refractivity contribution is 6.44. The number of carbonyl (C=O) groups excluding carboxylic acids is 4. The molecule has 0 radical (unpaired) electrons. The summed E-state index contributed by atoms with van der Waals surface area (Å²) in [7, 11) is 2.38. The van der Waals surface area contributed by atoms with Crippen molar-refractivity contribution in [1.82, 2.24) is 0 Å². The van der Waals surface area contributed by atoms with Gasteiger partial charge in [0.2, 0.25) is 0 Å². The number of anilines is 2. The van der Waals surface area contributed by atoms with Gasteiger partial charge in [0.25, 0.3) is 0 Å². The Morgan fingerprint density at radius 2 is 1.43 bits per heavy atom. The Hall–Kier alpha value is -3.68. The number of methoxy groups -OCH3 is 2. The summed E-state index contributed by atoms with van der Waals surface area (Å²) in [5.41, 5.74) is 1.58. The quantitative estimate of drug-likeness (QED) is 0.605. The fraction of sp³-hybridized carbons (Fsp3) is 0.200. The molecule has 0 atom stereocenters. The van der Waals surface area contributed by atoms with Gasteiger partial charge in [-0.1, -0.05) is 19.1 Å². The molecule has 2 aromatic rings. The van der Waals surface area contributed by atoms with Gasteiger partial charge in [-0.2, -0.15) is 0 Å². The lowest BCUT2D eigenvalue weighted by atomic mass is 10.1. The molecule has 0 aliphatic heterocycles. The van der Waals surface area contributed by atoms with Crippen molar-refractivity contribution in [2.24, 2.45) is 0 Å². The average Bonchev–Trinajstić information content (AvgIpc) is 2.72. The van der Waals surface area contributed by atoms with Crippen molar-refractivity contribution in [3.05, 3.63) is 59.2 Å². The van der Waals surface area contributed by atoms with E-state index in [2.05, 4.69) is 20.1 Å². The van der Waals surface area contributed by atoms with Crippen LogP contribution in [0.3, 0.4) is 0 Å². The molecule has 0 aliphatic rings. The summed E-state index contributed by atoms with van der Waals surface area (Å²) in [4.78, 5) is 48.0. The first-order chi connectivity index (χ1) is 13.4. The Bertz CT molecular complexity index is 905. The molecule has 2 rings (SSSR count). The lowest BCUT2D eigenvalue weighted by molar-refractivity contribution is -0.133. The number of amides is 2. The smallest absolute Gasteiger partial charge is 0.339 e. The maximum atomic E-state index is 12.3. The average molecular weight is 384 g/mol. The Labute approximate surface area is 161 Å². The SMILES string of the molecule is CCc1ccc(NC(=O)C(=O)Nc2cc(C(=O)OC)ccc2C(=O)OC)cc1. The van der Waals surface area contributed by atoms with Crippen LogP contribution in [0.2, 0.25) is 0 Å². The van der Waals surface area contributed by atoms with Crippen LogP contribution in [0.25, 0.3) is 0 Å². The van der Waals surface area contributed by atoms with Crippen molar-refractivity contribution in [2.75, 3.05) is 24.9 Å². The van der Waals surface area contributed by atoms with Crippen molar-refractivity contribution >= 4 is 35.1 Å². The zero-order valence-corrected chi connectivity index (χ0v) is 15.7. The van der Waals surface area contributed by atoms with Gasteiger partial charge < -0.3 is 20.1 Å². The minimum atomic E-state index is -1.01. The van der Waals surface area contributed by atoms with Crippen molar-refractivity contribution < 1.29 is 28.7 Å². The van der Waals surface area contributed by atoms with Gasteiger partial charge >= 0.3 is 23.8 Å². The van der Waals surface area contributed by atoms with Gasteiger partial charge in [0.15, 0.2) is 0 Å². The van der Waals surface area contributed by atoms with E-state index in [-0.39, 0.29) is 16.8 Å². The molecule has 28 heavy (non-hydrogen) atoms. The topological polar surface area (TPSA) is 111 Å². The zero-order valence-electron chi connectivity index (χ0n) is 15.7. The van der Waals surface area contributed by atoms with Gasteiger partial charge in [-0.25, -0.2) is 9.59 Å². The summed E-state index contributed by atoms with van der Waals surface area (Å²) in [5.74, 6) is -3.33. The van der Waals surface area contributed by atoms with E-state index in [0.717, 1.165) is 12.0 Å². The summed E-state index contributed by atoms with van der Waals surface area (Å²) in [6.45, 7) is 2.00. The van der Waals surface area contributed by atoms with Crippen molar-refractivity contribution in [1.29, 1.82) is 0 Å². The van der Waals surface area contributed by atoms with E-state index < -0.39 is 23.8 Å². The van der Waals surface area contributed by atoms with Crippen LogP contribution in [0.4, 0.5) is 11.4 Å². The fourth-order valence-corrected chi connectivity index (χ4v) is 2.37. The van der Waals surface area contributed by atoms with Gasteiger partial charge in [0.1, 0.15) is 0 Å². The lowest BCUT2D eigenvalue weighted by Gasteiger charge is -2.11. The van der Waals surface area contributed by atoms with E-state index in [4.69, 9.17) is 0 Å². The first-order valence-electron chi connectivity index (χ1n) is 8.41. The molecule has 2 aromatic carbocycles. The van der Waals surface area contributed by atoms with E-state index in [1.54, 1.807) is 12.1 Å². The maximum Gasteiger partial charge on any atom is 0.339 e. The number of hydrogen-bond donors (Lipinski definition) is 2. The molecule has 0 unspecified atom stereocenters. The van der Waals surface area contributed by atoms with E-state index in [1.807, 2.05) is 19.1 Å². The highest BCUT2D eigenvalue weighted by atomic mass is 16.5. The number of hydrogen-bond acceptors (Lipinski definition) is 6. The molecule has 0 heterocycles. The standard InChI is InChI=1S/C20H20N2O6/c1-4-12-5-8-14(9-6-12)21-17(23)18(24)22-16-11-13(19(25)27-2)7-10-15(16)20(26)28-3/h5-11H,4H2,1-3H3,(H,21,23)(H,22,24). The Kier molecular flexibility index (Phi) is 6.86. The molecule has 0 fully saturated rings. The summed E-state index contributed by atoms with van der Waals surface area (Å²) < 4.78 is 9.28.